The first-order chi connectivity index (χ1) is 16.9. The Balaban J connectivity index is 1.45. The van der Waals surface area contributed by atoms with Crippen LogP contribution in [0.1, 0.15) is 69.8 Å². The molecule has 4 rings (SSSR count). The molecule has 9 atom stereocenters. The van der Waals surface area contributed by atoms with Crippen molar-refractivity contribution < 1.29 is 19.4 Å². The van der Waals surface area contributed by atoms with E-state index in [1.165, 1.54) is 12.8 Å². The van der Waals surface area contributed by atoms with Gasteiger partial charge in [0, 0.05) is 35.8 Å². The van der Waals surface area contributed by atoms with Gasteiger partial charge in [0.05, 0.1) is 17.9 Å². The van der Waals surface area contributed by atoms with E-state index in [-0.39, 0.29) is 35.7 Å². The molecule has 2 aliphatic carbocycles. The molecule has 1 N–H and O–H groups in total. The molecular weight excluding hydrogens is 438 g/mol. The number of aromatic nitrogens is 1. The van der Waals surface area contributed by atoms with Gasteiger partial charge in [-0.3, -0.25) is 4.79 Å². The molecule has 3 aliphatic rings. The van der Waals surface area contributed by atoms with Gasteiger partial charge in [-0.15, -0.1) is 0 Å². The van der Waals surface area contributed by atoms with E-state index in [0.29, 0.717) is 23.4 Å². The summed E-state index contributed by atoms with van der Waals surface area (Å²) >= 11 is 0. The summed E-state index contributed by atoms with van der Waals surface area (Å²) in [6, 6.07) is 3.78. The van der Waals surface area contributed by atoms with Crippen LogP contribution in [0.2, 0.25) is 0 Å². The lowest BCUT2D eigenvalue weighted by atomic mass is 9.69. The Kier molecular flexibility index (Phi) is 8.48. The Bertz CT molecular complexity index is 946. The number of rotatable bonds is 9. The first-order valence-electron chi connectivity index (χ1n) is 13.5. The van der Waals surface area contributed by atoms with E-state index in [2.05, 4.69) is 55.3 Å². The predicted octanol–water partition coefficient (Wildman–Crippen LogP) is 5.12. The Morgan fingerprint density at radius 1 is 1.20 bits per heavy atom. The van der Waals surface area contributed by atoms with E-state index >= 15 is 0 Å². The molecule has 0 spiro atoms. The largest absolute Gasteiger partial charge is 0.550 e. The normalized spacial score (nSPS) is 34.8. The zero-order valence-corrected chi connectivity index (χ0v) is 21.3. The number of aromatic amines is 1. The number of ketones is 1. The fourth-order valence-corrected chi connectivity index (χ4v) is 6.51. The fraction of sp³-hybridized carbons (Fsp3) is 0.600. The summed E-state index contributed by atoms with van der Waals surface area (Å²) in [4.78, 5) is 27.9. The summed E-state index contributed by atoms with van der Waals surface area (Å²) in [5, 5.41) is 11.4. The number of ether oxygens (including phenoxy) is 1. The highest BCUT2D eigenvalue weighted by Crippen LogP contribution is 2.46. The van der Waals surface area contributed by atoms with Crippen molar-refractivity contribution in [3.8, 4) is 0 Å². The molecular formula is C30H40NO4-. The van der Waals surface area contributed by atoms with Gasteiger partial charge in [0.1, 0.15) is 0 Å². The van der Waals surface area contributed by atoms with Crippen LogP contribution in [0.15, 0.2) is 54.8 Å². The van der Waals surface area contributed by atoms with Crippen LogP contribution in [-0.2, 0) is 9.53 Å². The van der Waals surface area contributed by atoms with Gasteiger partial charge in [-0.25, -0.2) is 0 Å². The van der Waals surface area contributed by atoms with Crippen molar-refractivity contribution in [1.82, 2.24) is 4.98 Å². The van der Waals surface area contributed by atoms with Crippen LogP contribution >= 0.6 is 0 Å². The number of carbonyl (C=O) groups excluding carboxylic acids is 2. The first-order valence-corrected chi connectivity index (χ1v) is 13.5. The van der Waals surface area contributed by atoms with Crippen molar-refractivity contribution in [3.63, 3.8) is 0 Å². The molecule has 1 saturated carbocycles. The van der Waals surface area contributed by atoms with E-state index in [9.17, 15) is 14.7 Å². The SMILES string of the molecule is CCC(C=CC=CC1C=CC2CCCC2C1C(=O)c1ccc[nH]1)C1OC(C(C)C(=O)[O-])CCC1C. The number of aliphatic carboxylic acids is 1. The van der Waals surface area contributed by atoms with Crippen LogP contribution in [0.3, 0.4) is 0 Å². The molecule has 35 heavy (non-hydrogen) atoms. The summed E-state index contributed by atoms with van der Waals surface area (Å²) in [5.74, 6) is 0.173. The van der Waals surface area contributed by atoms with Crippen LogP contribution in [0.4, 0.5) is 0 Å². The highest BCUT2D eigenvalue weighted by atomic mass is 16.5. The van der Waals surface area contributed by atoms with E-state index in [1.54, 1.807) is 6.92 Å². The second-order valence-electron chi connectivity index (χ2n) is 10.8. The fourth-order valence-electron chi connectivity index (χ4n) is 6.51. The Morgan fingerprint density at radius 2 is 2.03 bits per heavy atom. The van der Waals surface area contributed by atoms with Gasteiger partial charge in [0.2, 0.25) is 0 Å². The first kappa shape index (κ1) is 25.7. The zero-order chi connectivity index (χ0) is 24.9. The van der Waals surface area contributed by atoms with Crippen molar-refractivity contribution in [2.45, 2.75) is 71.5 Å². The lowest BCUT2D eigenvalue weighted by Crippen LogP contribution is -2.45. The van der Waals surface area contributed by atoms with E-state index in [0.717, 1.165) is 25.7 Å². The molecule has 5 nitrogen and oxygen atoms in total. The predicted molar refractivity (Wildman–Crippen MR) is 135 cm³/mol. The van der Waals surface area contributed by atoms with Gasteiger partial charge >= 0.3 is 0 Å². The number of carbonyl (C=O) groups is 2. The molecule has 0 amide bonds. The van der Waals surface area contributed by atoms with Crippen LogP contribution in [0.5, 0.6) is 0 Å². The molecule has 2 fully saturated rings. The topological polar surface area (TPSA) is 82.2 Å². The van der Waals surface area contributed by atoms with Gasteiger partial charge in [0.25, 0.3) is 0 Å². The lowest BCUT2D eigenvalue weighted by Gasteiger charge is -2.40. The number of hydrogen-bond acceptors (Lipinski definition) is 4. The highest BCUT2D eigenvalue weighted by molar-refractivity contribution is 5.97. The molecule has 1 aromatic heterocycles. The monoisotopic (exact) mass is 478 g/mol. The van der Waals surface area contributed by atoms with Crippen LogP contribution in [0.25, 0.3) is 0 Å². The molecule has 0 aromatic carbocycles. The third-order valence-electron chi connectivity index (χ3n) is 8.67. The number of allylic oxidation sites excluding steroid dienone is 5. The maximum absolute atomic E-state index is 13.4. The quantitative estimate of drug-likeness (QED) is 0.303. The minimum absolute atomic E-state index is 0.00114. The number of H-pyrrole nitrogens is 1. The molecule has 2 heterocycles. The van der Waals surface area contributed by atoms with Gasteiger partial charge in [-0.05, 0) is 62.0 Å². The summed E-state index contributed by atoms with van der Waals surface area (Å²) in [6.45, 7) is 6.03. The average Bonchev–Trinajstić information content (AvgIpc) is 3.56. The number of fused-ring (bicyclic) bond motifs is 1. The van der Waals surface area contributed by atoms with E-state index < -0.39 is 11.9 Å². The molecule has 190 valence electrons. The average molecular weight is 479 g/mol. The van der Waals surface area contributed by atoms with Gasteiger partial charge in [0.15, 0.2) is 5.78 Å². The van der Waals surface area contributed by atoms with E-state index in [4.69, 9.17) is 4.74 Å². The maximum Gasteiger partial charge on any atom is 0.183 e. The standard InChI is InChI=1S/C30H41NO4/c1-4-21(29-19(2)14-17-26(35-29)20(3)30(33)34)9-5-6-10-23-16-15-22-11-7-12-24(22)27(23)28(32)25-13-8-18-31-25/h5-6,8-10,13,15-16,18-24,26-27,29,31H,4,7,11-12,14,17H2,1-3H3,(H,33,34)/p-1. The number of carboxylic acids is 1. The summed E-state index contributed by atoms with van der Waals surface area (Å²) in [6.07, 6.45) is 20.8. The molecule has 1 saturated heterocycles. The van der Waals surface area contributed by atoms with Crippen LogP contribution < -0.4 is 5.11 Å². The van der Waals surface area contributed by atoms with Crippen molar-refractivity contribution in [2.75, 3.05) is 0 Å². The molecule has 0 radical (unpaired) electrons. The number of carboxylic acid groups (broad SMARTS) is 1. The summed E-state index contributed by atoms with van der Waals surface area (Å²) in [5.41, 5.74) is 0.708. The maximum atomic E-state index is 13.4. The zero-order valence-electron chi connectivity index (χ0n) is 21.3. The van der Waals surface area contributed by atoms with Crippen molar-refractivity contribution in [2.24, 2.45) is 41.4 Å². The number of Topliss-reactive ketones (excluding diaryl/α,β-unsaturated/α-hetero) is 1. The summed E-state index contributed by atoms with van der Waals surface area (Å²) in [7, 11) is 0. The highest BCUT2D eigenvalue weighted by Gasteiger charge is 2.42. The number of nitrogens with one attached hydrogen (secondary N) is 1. The van der Waals surface area contributed by atoms with Gasteiger partial charge < -0.3 is 19.6 Å². The van der Waals surface area contributed by atoms with Crippen molar-refractivity contribution in [1.29, 1.82) is 0 Å². The lowest BCUT2D eigenvalue weighted by molar-refractivity contribution is -0.315. The molecule has 1 aliphatic heterocycles. The van der Waals surface area contributed by atoms with Gasteiger partial charge in [-0.1, -0.05) is 63.6 Å². The van der Waals surface area contributed by atoms with Crippen molar-refractivity contribution >= 4 is 11.8 Å². The van der Waals surface area contributed by atoms with Gasteiger partial charge in [-0.2, -0.15) is 0 Å². The third-order valence-corrected chi connectivity index (χ3v) is 8.67. The minimum Gasteiger partial charge on any atom is -0.550 e. The molecule has 0 bridgehead atoms. The summed E-state index contributed by atoms with van der Waals surface area (Å²) < 4.78 is 6.30. The second-order valence-corrected chi connectivity index (χ2v) is 10.8. The molecule has 1 aromatic rings. The Morgan fingerprint density at radius 3 is 2.74 bits per heavy atom. The van der Waals surface area contributed by atoms with Crippen molar-refractivity contribution in [3.05, 3.63) is 60.5 Å². The third kappa shape index (κ3) is 5.72. The number of hydrogen-bond donors (Lipinski definition) is 1. The Hall–Kier alpha value is -2.40. The van der Waals surface area contributed by atoms with Crippen LogP contribution in [0, 0.1) is 41.4 Å². The smallest absolute Gasteiger partial charge is 0.183 e. The second kappa shape index (κ2) is 11.6. The van der Waals surface area contributed by atoms with Crippen LogP contribution in [-0.4, -0.2) is 28.9 Å². The molecule has 5 heteroatoms. The minimum atomic E-state index is -1.04. The van der Waals surface area contributed by atoms with E-state index in [1.807, 2.05) is 18.3 Å². The Labute approximate surface area is 209 Å². The molecule has 9 unspecified atom stereocenters.